The second-order valence-electron chi connectivity index (χ2n) is 5.00. The molecule has 0 atom stereocenters. The SMILES string of the molecule is CCC(C)(CC)c1nnc(NC(=O)c2ccccc2)s1. The van der Waals surface area contributed by atoms with Crippen LogP contribution in [0.15, 0.2) is 30.3 Å². The molecule has 0 fully saturated rings. The lowest BCUT2D eigenvalue weighted by Gasteiger charge is -2.22. The van der Waals surface area contributed by atoms with Gasteiger partial charge < -0.3 is 0 Å². The molecule has 0 aliphatic carbocycles. The van der Waals surface area contributed by atoms with E-state index in [0.29, 0.717) is 10.7 Å². The van der Waals surface area contributed by atoms with Gasteiger partial charge in [0, 0.05) is 11.0 Å². The third kappa shape index (κ3) is 3.04. The van der Waals surface area contributed by atoms with Crippen molar-refractivity contribution in [1.82, 2.24) is 10.2 Å². The molecule has 0 saturated carbocycles. The van der Waals surface area contributed by atoms with Gasteiger partial charge in [0.2, 0.25) is 5.13 Å². The fourth-order valence-corrected chi connectivity index (χ4v) is 2.85. The summed E-state index contributed by atoms with van der Waals surface area (Å²) in [5, 5.41) is 12.7. The quantitative estimate of drug-likeness (QED) is 0.909. The molecule has 0 spiro atoms. The molecule has 1 aromatic heterocycles. The van der Waals surface area contributed by atoms with Gasteiger partial charge in [-0.1, -0.05) is 50.3 Å². The van der Waals surface area contributed by atoms with Gasteiger partial charge in [-0.05, 0) is 25.0 Å². The summed E-state index contributed by atoms with van der Waals surface area (Å²) in [6.07, 6.45) is 2.01. The van der Waals surface area contributed by atoms with Crippen LogP contribution in [0.1, 0.15) is 49.0 Å². The first kappa shape index (κ1) is 14.7. The molecule has 1 N–H and O–H groups in total. The van der Waals surface area contributed by atoms with Crippen LogP contribution in [-0.4, -0.2) is 16.1 Å². The number of rotatable bonds is 5. The molecule has 5 heteroatoms. The number of aromatic nitrogens is 2. The summed E-state index contributed by atoms with van der Waals surface area (Å²) in [6, 6.07) is 9.12. The van der Waals surface area contributed by atoms with Crippen LogP contribution in [-0.2, 0) is 5.41 Å². The fourth-order valence-electron chi connectivity index (χ4n) is 1.83. The molecule has 0 radical (unpaired) electrons. The lowest BCUT2D eigenvalue weighted by molar-refractivity contribution is 0.102. The first-order valence-electron chi connectivity index (χ1n) is 6.79. The number of nitrogens with one attached hydrogen (secondary N) is 1. The van der Waals surface area contributed by atoms with Crippen molar-refractivity contribution in [2.24, 2.45) is 0 Å². The highest BCUT2D eigenvalue weighted by Crippen LogP contribution is 2.34. The monoisotopic (exact) mass is 289 g/mol. The highest BCUT2D eigenvalue weighted by molar-refractivity contribution is 7.15. The number of nitrogens with zero attached hydrogens (tertiary/aromatic N) is 2. The third-order valence-electron chi connectivity index (χ3n) is 3.76. The zero-order valence-corrected chi connectivity index (χ0v) is 12.8. The van der Waals surface area contributed by atoms with E-state index in [0.717, 1.165) is 17.8 Å². The Morgan fingerprint density at radius 3 is 2.45 bits per heavy atom. The van der Waals surface area contributed by atoms with Crippen LogP contribution in [0.3, 0.4) is 0 Å². The predicted octanol–water partition coefficient (Wildman–Crippen LogP) is 3.87. The number of anilines is 1. The van der Waals surface area contributed by atoms with Crippen molar-refractivity contribution in [2.75, 3.05) is 5.32 Å². The Balaban J connectivity index is 2.12. The molecule has 0 aliphatic heterocycles. The first-order valence-corrected chi connectivity index (χ1v) is 7.61. The average molecular weight is 289 g/mol. The lowest BCUT2D eigenvalue weighted by Crippen LogP contribution is -2.19. The minimum atomic E-state index is -0.150. The maximum Gasteiger partial charge on any atom is 0.257 e. The van der Waals surface area contributed by atoms with E-state index in [9.17, 15) is 4.79 Å². The van der Waals surface area contributed by atoms with Gasteiger partial charge in [-0.3, -0.25) is 10.1 Å². The second-order valence-corrected chi connectivity index (χ2v) is 5.98. The van der Waals surface area contributed by atoms with E-state index < -0.39 is 0 Å². The molecule has 4 nitrogen and oxygen atoms in total. The van der Waals surface area contributed by atoms with Crippen LogP contribution in [0.2, 0.25) is 0 Å². The second kappa shape index (κ2) is 6.13. The van der Waals surface area contributed by atoms with Crippen LogP contribution < -0.4 is 5.32 Å². The molecule has 2 aromatic rings. The fraction of sp³-hybridized carbons (Fsp3) is 0.400. The summed E-state index contributed by atoms with van der Waals surface area (Å²) in [5.41, 5.74) is 0.658. The van der Waals surface area contributed by atoms with Crippen molar-refractivity contribution in [2.45, 2.75) is 39.0 Å². The Labute approximate surface area is 123 Å². The first-order chi connectivity index (χ1) is 9.59. The summed E-state index contributed by atoms with van der Waals surface area (Å²) in [6.45, 7) is 6.47. The Morgan fingerprint density at radius 1 is 1.20 bits per heavy atom. The van der Waals surface area contributed by atoms with Gasteiger partial charge in [-0.2, -0.15) is 0 Å². The summed E-state index contributed by atoms with van der Waals surface area (Å²) in [5.74, 6) is -0.150. The Hall–Kier alpha value is -1.75. The van der Waals surface area contributed by atoms with Crippen molar-refractivity contribution in [3.05, 3.63) is 40.9 Å². The molecular formula is C15H19N3OS. The number of carbonyl (C=O) groups is 1. The van der Waals surface area contributed by atoms with Gasteiger partial charge >= 0.3 is 0 Å². The van der Waals surface area contributed by atoms with Crippen molar-refractivity contribution in [3.63, 3.8) is 0 Å². The predicted molar refractivity (Wildman–Crippen MR) is 82.2 cm³/mol. The van der Waals surface area contributed by atoms with Crippen molar-refractivity contribution in [3.8, 4) is 0 Å². The highest BCUT2D eigenvalue weighted by Gasteiger charge is 2.27. The number of amides is 1. The molecule has 0 bridgehead atoms. The van der Waals surface area contributed by atoms with E-state index in [-0.39, 0.29) is 11.3 Å². The van der Waals surface area contributed by atoms with E-state index in [2.05, 4.69) is 36.3 Å². The lowest BCUT2D eigenvalue weighted by atomic mass is 9.86. The minimum absolute atomic E-state index is 0.0351. The van der Waals surface area contributed by atoms with E-state index in [4.69, 9.17) is 0 Å². The average Bonchev–Trinajstić information content (AvgIpc) is 2.96. The van der Waals surface area contributed by atoms with Gasteiger partial charge in [0.15, 0.2) is 0 Å². The topological polar surface area (TPSA) is 54.9 Å². The Kier molecular flexibility index (Phi) is 4.49. The third-order valence-corrected chi connectivity index (χ3v) is 4.90. The number of hydrogen-bond acceptors (Lipinski definition) is 4. The molecular weight excluding hydrogens is 270 g/mol. The van der Waals surface area contributed by atoms with E-state index in [1.165, 1.54) is 11.3 Å². The zero-order valence-electron chi connectivity index (χ0n) is 12.0. The van der Waals surface area contributed by atoms with Crippen LogP contribution in [0.5, 0.6) is 0 Å². The molecule has 0 unspecified atom stereocenters. The van der Waals surface area contributed by atoms with E-state index in [1.54, 1.807) is 12.1 Å². The number of benzene rings is 1. The molecule has 1 aromatic carbocycles. The zero-order chi connectivity index (χ0) is 14.6. The Morgan fingerprint density at radius 2 is 1.85 bits per heavy atom. The van der Waals surface area contributed by atoms with Crippen molar-refractivity contribution >= 4 is 22.4 Å². The molecule has 0 aliphatic rings. The smallest absolute Gasteiger partial charge is 0.257 e. The largest absolute Gasteiger partial charge is 0.296 e. The van der Waals surface area contributed by atoms with Gasteiger partial charge in [0.1, 0.15) is 5.01 Å². The molecule has 20 heavy (non-hydrogen) atoms. The summed E-state index contributed by atoms with van der Waals surface area (Å²) in [7, 11) is 0. The van der Waals surface area contributed by atoms with E-state index >= 15 is 0 Å². The maximum absolute atomic E-state index is 12.0. The van der Waals surface area contributed by atoms with Crippen molar-refractivity contribution in [1.29, 1.82) is 0 Å². The molecule has 1 amide bonds. The highest BCUT2D eigenvalue weighted by atomic mass is 32.1. The van der Waals surface area contributed by atoms with Crippen LogP contribution in [0, 0.1) is 0 Å². The standard InChI is InChI=1S/C15H19N3OS/c1-4-15(3,5-2)13-17-18-14(20-13)16-12(19)11-9-7-6-8-10-11/h6-10H,4-5H2,1-3H3,(H,16,18,19). The van der Waals surface area contributed by atoms with Gasteiger partial charge in [0.05, 0.1) is 0 Å². The number of hydrogen-bond donors (Lipinski definition) is 1. The molecule has 2 rings (SSSR count). The molecule has 106 valence electrons. The minimum Gasteiger partial charge on any atom is -0.296 e. The molecule has 1 heterocycles. The van der Waals surface area contributed by atoms with Gasteiger partial charge in [0.25, 0.3) is 5.91 Å². The van der Waals surface area contributed by atoms with E-state index in [1.807, 2.05) is 18.2 Å². The molecule has 0 saturated heterocycles. The maximum atomic E-state index is 12.0. The normalized spacial score (nSPS) is 11.3. The van der Waals surface area contributed by atoms with Gasteiger partial charge in [-0.15, -0.1) is 10.2 Å². The summed E-state index contributed by atoms with van der Waals surface area (Å²) >= 11 is 1.46. The number of carbonyl (C=O) groups excluding carboxylic acids is 1. The van der Waals surface area contributed by atoms with Crippen LogP contribution in [0.25, 0.3) is 0 Å². The summed E-state index contributed by atoms with van der Waals surface area (Å²) in [4.78, 5) is 12.0. The van der Waals surface area contributed by atoms with Crippen molar-refractivity contribution < 1.29 is 4.79 Å². The van der Waals surface area contributed by atoms with Gasteiger partial charge in [-0.25, -0.2) is 0 Å². The Bertz CT molecular complexity index is 576. The summed E-state index contributed by atoms with van der Waals surface area (Å²) < 4.78 is 0. The van der Waals surface area contributed by atoms with Crippen LogP contribution in [0.4, 0.5) is 5.13 Å². The van der Waals surface area contributed by atoms with Crippen LogP contribution >= 0.6 is 11.3 Å².